The Labute approximate surface area is 143 Å². The third kappa shape index (κ3) is 4.20. The highest BCUT2D eigenvalue weighted by molar-refractivity contribution is 7.89. The standard InChI is InChI=1S/C17H24ClNO3S/c1-19(11-13-4-2-3-5-13)23(20,21)17-10-15(18)8-9-16(17)22-12-14-6-7-14/h8-10,13-14H,2-7,11-12H2,1H3. The van der Waals surface area contributed by atoms with E-state index in [1.54, 1.807) is 19.2 Å². The van der Waals surface area contributed by atoms with E-state index in [0.717, 1.165) is 25.7 Å². The fourth-order valence-corrected chi connectivity index (χ4v) is 4.75. The summed E-state index contributed by atoms with van der Waals surface area (Å²) < 4.78 is 33.1. The zero-order valence-electron chi connectivity index (χ0n) is 13.5. The Morgan fingerprint density at radius 1 is 1.17 bits per heavy atom. The van der Waals surface area contributed by atoms with Crippen LogP contribution in [0.4, 0.5) is 0 Å². The van der Waals surface area contributed by atoms with Crippen molar-refractivity contribution >= 4 is 21.6 Å². The first-order valence-electron chi connectivity index (χ1n) is 8.35. The molecule has 0 N–H and O–H groups in total. The molecule has 0 heterocycles. The molecule has 2 saturated carbocycles. The summed E-state index contributed by atoms with van der Waals surface area (Å²) in [5, 5.41) is 0.414. The van der Waals surface area contributed by atoms with Crippen molar-refractivity contribution in [3.8, 4) is 5.75 Å². The molecular weight excluding hydrogens is 334 g/mol. The van der Waals surface area contributed by atoms with Crippen molar-refractivity contribution in [3.63, 3.8) is 0 Å². The Morgan fingerprint density at radius 2 is 1.87 bits per heavy atom. The molecule has 2 aliphatic carbocycles. The van der Waals surface area contributed by atoms with Gasteiger partial charge in [-0.1, -0.05) is 24.4 Å². The van der Waals surface area contributed by atoms with Gasteiger partial charge in [0.05, 0.1) is 6.61 Å². The summed E-state index contributed by atoms with van der Waals surface area (Å²) in [6, 6.07) is 4.85. The molecule has 1 aromatic rings. The van der Waals surface area contributed by atoms with Gasteiger partial charge in [0.15, 0.2) is 0 Å². The number of ether oxygens (including phenoxy) is 1. The predicted octanol–water partition coefficient (Wildman–Crippen LogP) is 3.94. The molecule has 0 radical (unpaired) electrons. The minimum absolute atomic E-state index is 0.186. The smallest absolute Gasteiger partial charge is 0.246 e. The van der Waals surface area contributed by atoms with Crippen LogP contribution >= 0.6 is 11.6 Å². The van der Waals surface area contributed by atoms with Crippen LogP contribution in [0.5, 0.6) is 5.75 Å². The van der Waals surface area contributed by atoms with Crippen molar-refractivity contribution in [3.05, 3.63) is 23.2 Å². The van der Waals surface area contributed by atoms with Gasteiger partial charge in [-0.05, 0) is 55.7 Å². The fourth-order valence-electron chi connectivity index (χ4n) is 3.12. The summed E-state index contributed by atoms with van der Waals surface area (Å²) in [5.41, 5.74) is 0. The number of halogens is 1. The second-order valence-corrected chi connectivity index (χ2v) is 9.23. The SMILES string of the molecule is CN(CC1CCCC1)S(=O)(=O)c1cc(Cl)ccc1OCC1CC1. The lowest BCUT2D eigenvalue weighted by atomic mass is 10.1. The van der Waals surface area contributed by atoms with Crippen LogP contribution in [-0.2, 0) is 10.0 Å². The third-order valence-electron chi connectivity index (χ3n) is 4.76. The minimum atomic E-state index is -3.58. The number of nitrogens with zero attached hydrogens (tertiary/aromatic N) is 1. The highest BCUT2D eigenvalue weighted by atomic mass is 35.5. The maximum Gasteiger partial charge on any atom is 0.246 e. The van der Waals surface area contributed by atoms with Gasteiger partial charge in [0.2, 0.25) is 10.0 Å². The van der Waals surface area contributed by atoms with E-state index in [2.05, 4.69) is 0 Å². The summed E-state index contributed by atoms with van der Waals surface area (Å²) in [4.78, 5) is 0.186. The number of hydrogen-bond donors (Lipinski definition) is 0. The van der Waals surface area contributed by atoms with Crippen LogP contribution in [0.1, 0.15) is 38.5 Å². The molecule has 0 atom stereocenters. The van der Waals surface area contributed by atoms with Gasteiger partial charge in [-0.25, -0.2) is 12.7 Å². The molecule has 6 heteroatoms. The van der Waals surface area contributed by atoms with Gasteiger partial charge in [0.25, 0.3) is 0 Å². The van der Waals surface area contributed by atoms with Crippen LogP contribution in [0.3, 0.4) is 0 Å². The van der Waals surface area contributed by atoms with Crippen molar-refractivity contribution in [1.82, 2.24) is 4.31 Å². The van der Waals surface area contributed by atoms with E-state index in [4.69, 9.17) is 16.3 Å². The van der Waals surface area contributed by atoms with Gasteiger partial charge in [0.1, 0.15) is 10.6 Å². The maximum atomic E-state index is 12.9. The number of rotatable bonds is 7. The lowest BCUT2D eigenvalue weighted by Crippen LogP contribution is -2.31. The molecular formula is C17H24ClNO3S. The molecule has 0 saturated heterocycles. The molecule has 0 bridgehead atoms. The lowest BCUT2D eigenvalue weighted by molar-refractivity contribution is 0.291. The second kappa shape index (κ2) is 6.99. The summed E-state index contributed by atoms with van der Waals surface area (Å²) >= 11 is 6.03. The molecule has 0 aromatic heterocycles. The molecule has 128 valence electrons. The van der Waals surface area contributed by atoms with E-state index in [1.165, 1.54) is 23.2 Å². The zero-order valence-corrected chi connectivity index (χ0v) is 15.1. The Bertz CT molecular complexity index is 652. The quantitative estimate of drug-likeness (QED) is 0.742. The summed E-state index contributed by atoms with van der Waals surface area (Å²) in [5.74, 6) is 1.45. The monoisotopic (exact) mass is 357 g/mol. The number of benzene rings is 1. The topological polar surface area (TPSA) is 46.6 Å². The van der Waals surface area contributed by atoms with Crippen LogP contribution in [0.2, 0.25) is 5.02 Å². The maximum absolute atomic E-state index is 12.9. The zero-order chi connectivity index (χ0) is 16.4. The van der Waals surface area contributed by atoms with E-state index < -0.39 is 10.0 Å². The molecule has 0 aliphatic heterocycles. The molecule has 2 aliphatic rings. The number of sulfonamides is 1. The van der Waals surface area contributed by atoms with Crippen LogP contribution < -0.4 is 4.74 Å². The first-order valence-corrected chi connectivity index (χ1v) is 10.2. The minimum Gasteiger partial charge on any atom is -0.492 e. The second-order valence-electron chi connectivity index (χ2n) is 6.78. The van der Waals surface area contributed by atoms with Crippen LogP contribution in [0.15, 0.2) is 23.1 Å². The van der Waals surface area contributed by atoms with Gasteiger partial charge >= 0.3 is 0 Å². The van der Waals surface area contributed by atoms with Crippen molar-refractivity contribution in [1.29, 1.82) is 0 Å². The predicted molar refractivity (Wildman–Crippen MR) is 91.4 cm³/mol. The average molecular weight is 358 g/mol. The third-order valence-corrected chi connectivity index (χ3v) is 6.84. The molecule has 4 nitrogen and oxygen atoms in total. The highest BCUT2D eigenvalue weighted by Crippen LogP contribution is 2.34. The molecule has 2 fully saturated rings. The Hall–Kier alpha value is -0.780. The van der Waals surface area contributed by atoms with E-state index >= 15 is 0 Å². The average Bonchev–Trinajstić information content (AvgIpc) is 3.21. The highest BCUT2D eigenvalue weighted by Gasteiger charge is 2.29. The molecule has 0 unspecified atom stereocenters. The first-order chi connectivity index (χ1) is 11.0. The van der Waals surface area contributed by atoms with E-state index in [1.807, 2.05) is 0 Å². The Kier molecular flexibility index (Phi) is 5.19. The molecule has 0 spiro atoms. The summed E-state index contributed by atoms with van der Waals surface area (Å²) in [7, 11) is -1.93. The van der Waals surface area contributed by atoms with E-state index in [9.17, 15) is 8.42 Å². The molecule has 3 rings (SSSR count). The van der Waals surface area contributed by atoms with Gasteiger partial charge in [-0.15, -0.1) is 0 Å². The van der Waals surface area contributed by atoms with Crippen LogP contribution in [0, 0.1) is 11.8 Å². The van der Waals surface area contributed by atoms with Gasteiger partial charge in [0, 0.05) is 18.6 Å². The first kappa shape index (κ1) is 17.1. The van der Waals surface area contributed by atoms with E-state index in [0.29, 0.717) is 35.8 Å². The fraction of sp³-hybridized carbons (Fsp3) is 0.647. The van der Waals surface area contributed by atoms with Gasteiger partial charge < -0.3 is 4.74 Å². The molecule has 1 aromatic carbocycles. The summed E-state index contributed by atoms with van der Waals surface area (Å²) in [6.45, 7) is 1.15. The Balaban J connectivity index is 1.79. The van der Waals surface area contributed by atoms with Crippen LogP contribution in [0.25, 0.3) is 0 Å². The number of hydrogen-bond acceptors (Lipinski definition) is 3. The van der Waals surface area contributed by atoms with E-state index in [-0.39, 0.29) is 4.90 Å². The lowest BCUT2D eigenvalue weighted by Gasteiger charge is -2.22. The van der Waals surface area contributed by atoms with Crippen molar-refractivity contribution in [2.24, 2.45) is 11.8 Å². The largest absolute Gasteiger partial charge is 0.492 e. The van der Waals surface area contributed by atoms with Crippen molar-refractivity contribution in [2.75, 3.05) is 20.2 Å². The summed E-state index contributed by atoms with van der Waals surface area (Å²) in [6.07, 6.45) is 6.95. The molecule has 0 amide bonds. The molecule has 23 heavy (non-hydrogen) atoms. The van der Waals surface area contributed by atoms with Gasteiger partial charge in [-0.3, -0.25) is 0 Å². The van der Waals surface area contributed by atoms with Crippen molar-refractivity contribution in [2.45, 2.75) is 43.4 Å². The van der Waals surface area contributed by atoms with Gasteiger partial charge in [-0.2, -0.15) is 0 Å². The normalized spacial score (nSPS) is 19.4. The van der Waals surface area contributed by atoms with Crippen molar-refractivity contribution < 1.29 is 13.2 Å². The Morgan fingerprint density at radius 3 is 2.52 bits per heavy atom. The van der Waals surface area contributed by atoms with Crippen LogP contribution in [-0.4, -0.2) is 32.9 Å².